The van der Waals surface area contributed by atoms with E-state index < -0.39 is 5.60 Å². The molecule has 0 saturated carbocycles. The maximum Gasteiger partial charge on any atom is 0.225 e. The highest BCUT2D eigenvalue weighted by molar-refractivity contribution is 9.10. The zero-order chi connectivity index (χ0) is 14.0. The van der Waals surface area contributed by atoms with Crippen molar-refractivity contribution in [2.24, 2.45) is 5.92 Å². The van der Waals surface area contributed by atoms with Crippen LogP contribution in [0.15, 0.2) is 28.7 Å². The molecule has 0 bridgehead atoms. The Labute approximate surface area is 122 Å². The third-order valence-corrected chi connectivity index (χ3v) is 4.31. The number of piperidine rings is 1. The Bertz CT molecular complexity index is 448. The van der Waals surface area contributed by atoms with Crippen molar-refractivity contribution in [1.29, 1.82) is 0 Å². The first-order valence-electron chi connectivity index (χ1n) is 6.69. The van der Waals surface area contributed by atoms with Crippen LogP contribution in [0.3, 0.4) is 0 Å². The molecule has 1 aliphatic heterocycles. The lowest BCUT2D eigenvalue weighted by Crippen LogP contribution is -2.46. The average Bonchev–Trinajstić information content (AvgIpc) is 2.39. The number of halogens is 1. The van der Waals surface area contributed by atoms with E-state index in [9.17, 15) is 9.90 Å². The van der Waals surface area contributed by atoms with Crippen molar-refractivity contribution in [1.82, 2.24) is 4.90 Å². The van der Waals surface area contributed by atoms with E-state index in [2.05, 4.69) is 15.9 Å². The largest absolute Gasteiger partial charge is 0.385 e. The molecule has 0 unspecified atom stereocenters. The lowest BCUT2D eigenvalue weighted by molar-refractivity contribution is -0.139. The van der Waals surface area contributed by atoms with Crippen LogP contribution in [0.25, 0.3) is 0 Å². The Morgan fingerprint density at radius 1 is 1.26 bits per heavy atom. The smallest absolute Gasteiger partial charge is 0.225 e. The van der Waals surface area contributed by atoms with Gasteiger partial charge in [-0.25, -0.2) is 0 Å². The quantitative estimate of drug-likeness (QED) is 0.908. The lowest BCUT2D eigenvalue weighted by Gasteiger charge is -2.39. The summed E-state index contributed by atoms with van der Waals surface area (Å²) in [6.07, 6.45) is 1.21. The van der Waals surface area contributed by atoms with Crippen molar-refractivity contribution in [3.8, 4) is 0 Å². The van der Waals surface area contributed by atoms with Crippen molar-refractivity contribution in [3.63, 3.8) is 0 Å². The molecule has 1 heterocycles. The molecule has 0 radical (unpaired) electrons. The predicted molar refractivity (Wildman–Crippen MR) is 78.7 cm³/mol. The molecule has 4 heteroatoms. The second-order valence-electron chi connectivity index (χ2n) is 5.52. The molecule has 1 saturated heterocycles. The topological polar surface area (TPSA) is 40.5 Å². The molecule has 1 N–H and O–H groups in total. The van der Waals surface area contributed by atoms with E-state index in [1.165, 1.54) is 0 Å². The van der Waals surface area contributed by atoms with Crippen LogP contribution in [0.5, 0.6) is 0 Å². The number of nitrogens with zero attached hydrogens (tertiary/aromatic N) is 1. The number of hydrogen-bond acceptors (Lipinski definition) is 2. The van der Waals surface area contributed by atoms with Gasteiger partial charge >= 0.3 is 0 Å². The molecular formula is C15H20BrNO2. The van der Waals surface area contributed by atoms with Crippen LogP contribution in [-0.4, -0.2) is 29.0 Å². The summed E-state index contributed by atoms with van der Waals surface area (Å²) in [6.45, 7) is 5.09. The van der Waals surface area contributed by atoms with E-state index in [1.54, 1.807) is 0 Å². The zero-order valence-electron chi connectivity index (χ0n) is 11.4. The summed E-state index contributed by atoms with van der Waals surface area (Å²) < 4.78 is 1.01. The minimum atomic E-state index is -0.797. The fourth-order valence-corrected chi connectivity index (χ4v) is 2.78. The van der Waals surface area contributed by atoms with Gasteiger partial charge in [0.1, 0.15) is 0 Å². The van der Waals surface area contributed by atoms with Gasteiger partial charge in [-0.05, 0) is 30.5 Å². The monoisotopic (exact) mass is 325 g/mol. The second kappa shape index (κ2) is 5.63. The molecule has 0 spiro atoms. The summed E-state index contributed by atoms with van der Waals surface area (Å²) >= 11 is 3.40. The molecular weight excluding hydrogens is 306 g/mol. The molecule has 0 aromatic heterocycles. The highest BCUT2D eigenvalue weighted by Crippen LogP contribution is 2.33. The Morgan fingerprint density at radius 3 is 2.26 bits per heavy atom. The van der Waals surface area contributed by atoms with Crippen LogP contribution in [0.4, 0.5) is 0 Å². The minimum Gasteiger partial charge on any atom is -0.385 e. The lowest BCUT2D eigenvalue weighted by atomic mass is 9.84. The molecule has 1 aromatic carbocycles. The number of hydrogen-bond donors (Lipinski definition) is 1. The fraction of sp³-hybridized carbons (Fsp3) is 0.533. The average molecular weight is 326 g/mol. The van der Waals surface area contributed by atoms with Crippen molar-refractivity contribution < 1.29 is 9.90 Å². The molecule has 1 aromatic rings. The summed E-state index contributed by atoms with van der Waals surface area (Å²) in [4.78, 5) is 13.8. The van der Waals surface area contributed by atoms with Crippen LogP contribution < -0.4 is 0 Å². The van der Waals surface area contributed by atoms with Gasteiger partial charge in [0.25, 0.3) is 0 Å². The van der Waals surface area contributed by atoms with Gasteiger partial charge < -0.3 is 10.0 Å². The first-order chi connectivity index (χ1) is 8.92. The number of carbonyl (C=O) groups is 1. The first kappa shape index (κ1) is 14.5. The SMILES string of the molecule is CC(C)C(=O)N1CCC(O)(c2ccc(Br)cc2)CC1. The van der Waals surface area contributed by atoms with E-state index in [4.69, 9.17) is 0 Å². The third kappa shape index (κ3) is 3.18. The van der Waals surface area contributed by atoms with Gasteiger partial charge in [-0.1, -0.05) is 41.9 Å². The van der Waals surface area contributed by atoms with Crippen molar-refractivity contribution >= 4 is 21.8 Å². The van der Waals surface area contributed by atoms with Crippen LogP contribution in [0, 0.1) is 5.92 Å². The molecule has 0 atom stereocenters. The molecule has 1 aliphatic rings. The summed E-state index contributed by atoms with van der Waals surface area (Å²) in [5.41, 5.74) is 0.140. The van der Waals surface area contributed by atoms with Crippen molar-refractivity contribution in [2.75, 3.05) is 13.1 Å². The molecule has 1 fully saturated rings. The molecule has 2 rings (SSSR count). The van der Waals surface area contributed by atoms with E-state index in [1.807, 2.05) is 43.0 Å². The summed E-state index contributed by atoms with van der Waals surface area (Å²) in [5, 5.41) is 10.7. The summed E-state index contributed by atoms with van der Waals surface area (Å²) in [5.74, 6) is 0.205. The van der Waals surface area contributed by atoms with E-state index >= 15 is 0 Å². The fourth-order valence-electron chi connectivity index (χ4n) is 2.51. The van der Waals surface area contributed by atoms with Gasteiger partial charge in [0, 0.05) is 23.5 Å². The predicted octanol–water partition coefficient (Wildman–Crippen LogP) is 2.92. The molecule has 0 aliphatic carbocycles. The number of likely N-dealkylation sites (tertiary alicyclic amines) is 1. The van der Waals surface area contributed by atoms with Crippen LogP contribution in [0.2, 0.25) is 0 Å². The van der Waals surface area contributed by atoms with Gasteiger partial charge in [-0.2, -0.15) is 0 Å². The number of rotatable bonds is 2. The zero-order valence-corrected chi connectivity index (χ0v) is 13.0. The Kier molecular flexibility index (Phi) is 4.31. The molecule has 1 amide bonds. The summed E-state index contributed by atoms with van der Waals surface area (Å²) in [7, 11) is 0. The van der Waals surface area contributed by atoms with Crippen LogP contribution in [0.1, 0.15) is 32.3 Å². The minimum absolute atomic E-state index is 0.0267. The standard InChI is InChI=1S/C15H20BrNO2/c1-11(2)14(18)17-9-7-15(19,8-10-17)12-3-5-13(16)6-4-12/h3-6,11,19H,7-10H2,1-2H3. The first-order valence-corrected chi connectivity index (χ1v) is 7.49. The Balaban J connectivity index is 2.06. The van der Waals surface area contributed by atoms with Crippen LogP contribution >= 0.6 is 15.9 Å². The maximum atomic E-state index is 11.9. The normalized spacial score (nSPS) is 18.7. The van der Waals surface area contributed by atoms with E-state index in [0.717, 1.165) is 10.0 Å². The third-order valence-electron chi connectivity index (χ3n) is 3.78. The number of amides is 1. The number of carbonyl (C=O) groups excluding carboxylic acids is 1. The Morgan fingerprint density at radius 2 is 1.79 bits per heavy atom. The van der Waals surface area contributed by atoms with Crippen LogP contribution in [-0.2, 0) is 10.4 Å². The highest BCUT2D eigenvalue weighted by Gasteiger charge is 2.35. The molecule has 3 nitrogen and oxygen atoms in total. The van der Waals surface area contributed by atoms with E-state index in [-0.39, 0.29) is 11.8 Å². The Hall–Kier alpha value is -0.870. The van der Waals surface area contributed by atoms with Crippen molar-refractivity contribution in [3.05, 3.63) is 34.3 Å². The number of benzene rings is 1. The second-order valence-corrected chi connectivity index (χ2v) is 6.43. The van der Waals surface area contributed by atoms with Gasteiger partial charge in [-0.15, -0.1) is 0 Å². The van der Waals surface area contributed by atoms with Gasteiger partial charge in [0.15, 0.2) is 0 Å². The van der Waals surface area contributed by atoms with E-state index in [0.29, 0.717) is 25.9 Å². The van der Waals surface area contributed by atoms with Crippen molar-refractivity contribution in [2.45, 2.75) is 32.3 Å². The molecule has 19 heavy (non-hydrogen) atoms. The summed E-state index contributed by atoms with van der Waals surface area (Å²) in [6, 6.07) is 7.78. The van der Waals surface area contributed by atoms with Gasteiger partial charge in [0.2, 0.25) is 5.91 Å². The highest BCUT2D eigenvalue weighted by atomic mass is 79.9. The maximum absolute atomic E-state index is 11.9. The molecule has 104 valence electrons. The number of aliphatic hydroxyl groups is 1. The van der Waals surface area contributed by atoms with Gasteiger partial charge in [0.05, 0.1) is 5.60 Å². The van der Waals surface area contributed by atoms with Gasteiger partial charge in [-0.3, -0.25) is 4.79 Å².